The van der Waals surface area contributed by atoms with Crippen molar-refractivity contribution in [2.75, 3.05) is 6.54 Å². The van der Waals surface area contributed by atoms with E-state index in [0.717, 1.165) is 61.8 Å². The van der Waals surface area contributed by atoms with Gasteiger partial charge >= 0.3 is 12.1 Å². The predicted octanol–water partition coefficient (Wildman–Crippen LogP) is 5.97. The quantitative estimate of drug-likeness (QED) is 0.325. The van der Waals surface area contributed by atoms with E-state index in [9.17, 15) is 18.0 Å². The Kier molecular flexibility index (Phi) is 8.61. The molecule has 0 bridgehead atoms. The van der Waals surface area contributed by atoms with Crippen LogP contribution in [-0.4, -0.2) is 28.3 Å². The van der Waals surface area contributed by atoms with Crippen LogP contribution in [0.25, 0.3) is 0 Å². The van der Waals surface area contributed by atoms with Gasteiger partial charge in [0.2, 0.25) is 0 Å². The molecule has 6 nitrogen and oxygen atoms in total. The van der Waals surface area contributed by atoms with Crippen LogP contribution in [0.5, 0.6) is 0 Å². The zero-order valence-electron chi connectivity index (χ0n) is 20.2. The summed E-state index contributed by atoms with van der Waals surface area (Å²) in [5.41, 5.74) is 3.72. The number of halogens is 3. The summed E-state index contributed by atoms with van der Waals surface area (Å²) in [6, 6.07) is 6.58. The van der Waals surface area contributed by atoms with E-state index < -0.39 is 17.7 Å². The zero-order valence-corrected chi connectivity index (χ0v) is 20.2. The number of oxime groups is 1. The largest absolute Gasteiger partial charge is 0.481 e. The van der Waals surface area contributed by atoms with Gasteiger partial charge in [0.05, 0.1) is 17.7 Å². The number of nitrogens with one attached hydrogen (secondary N) is 1. The Labute approximate surface area is 209 Å². The number of nitrogens with zero attached hydrogens (tertiary/aromatic N) is 2. The van der Waals surface area contributed by atoms with Gasteiger partial charge in [0, 0.05) is 19.3 Å². The van der Waals surface area contributed by atoms with E-state index in [4.69, 9.17) is 9.94 Å². The first-order valence-corrected chi connectivity index (χ1v) is 12.6. The number of aryl methyl sites for hydroxylation is 1. The van der Waals surface area contributed by atoms with Crippen LogP contribution in [0.4, 0.5) is 13.2 Å². The van der Waals surface area contributed by atoms with Crippen molar-refractivity contribution < 1.29 is 27.9 Å². The molecule has 9 heteroatoms. The number of carboxylic acid groups (broad SMARTS) is 1. The average Bonchev–Trinajstić information content (AvgIpc) is 2.86. The number of fused-ring (bicyclic) bond motifs is 1. The highest BCUT2D eigenvalue weighted by Crippen LogP contribution is 2.41. The van der Waals surface area contributed by atoms with Gasteiger partial charge < -0.3 is 15.3 Å². The molecule has 1 aromatic heterocycles. The van der Waals surface area contributed by atoms with Crippen molar-refractivity contribution in [2.24, 2.45) is 5.16 Å². The molecule has 36 heavy (non-hydrogen) atoms. The monoisotopic (exact) mass is 503 g/mol. The van der Waals surface area contributed by atoms with Gasteiger partial charge in [0.1, 0.15) is 12.3 Å². The third-order valence-corrected chi connectivity index (χ3v) is 6.88. The first-order chi connectivity index (χ1) is 17.3. The fourth-order valence-electron chi connectivity index (χ4n) is 5.08. The molecule has 0 unspecified atom stereocenters. The normalized spacial score (nSPS) is 17.7. The average molecular weight is 504 g/mol. The third kappa shape index (κ3) is 6.84. The van der Waals surface area contributed by atoms with Crippen molar-refractivity contribution in [1.29, 1.82) is 0 Å². The second-order valence-corrected chi connectivity index (χ2v) is 9.59. The summed E-state index contributed by atoms with van der Waals surface area (Å²) in [5.74, 6) is -0.880. The number of carboxylic acids is 1. The number of rotatable bonds is 9. The Hall–Kier alpha value is -2.94. The topological polar surface area (TPSA) is 83.8 Å². The van der Waals surface area contributed by atoms with Gasteiger partial charge in [-0.15, -0.1) is 0 Å². The number of hydrogen-bond acceptors (Lipinski definition) is 5. The van der Waals surface area contributed by atoms with E-state index in [-0.39, 0.29) is 18.9 Å². The summed E-state index contributed by atoms with van der Waals surface area (Å²) in [7, 11) is 0. The molecule has 0 saturated heterocycles. The first-order valence-electron chi connectivity index (χ1n) is 12.6. The molecule has 2 aromatic rings. The van der Waals surface area contributed by atoms with Crippen molar-refractivity contribution in [3.8, 4) is 0 Å². The SMILES string of the molecule is O=C(O)CCNCc1cnc2c(c1)CCC/C2=N/OCc1ccc(C2CCCCC2)c(C(F)(F)F)c1. The lowest BCUT2D eigenvalue weighted by Gasteiger charge is -2.25. The summed E-state index contributed by atoms with van der Waals surface area (Å²) in [5, 5.41) is 16.1. The Bertz CT molecular complexity index is 1100. The minimum atomic E-state index is -4.40. The lowest BCUT2D eigenvalue weighted by molar-refractivity contribution is -0.139. The highest BCUT2D eigenvalue weighted by molar-refractivity contribution is 6.00. The molecule has 2 N–H and O–H groups in total. The van der Waals surface area contributed by atoms with Crippen LogP contribution in [-0.2, 0) is 35.4 Å². The molecule has 2 aliphatic rings. The molecule has 1 heterocycles. The van der Waals surface area contributed by atoms with E-state index in [2.05, 4.69) is 15.5 Å². The Morgan fingerprint density at radius 2 is 1.92 bits per heavy atom. The molecule has 4 rings (SSSR count). The maximum atomic E-state index is 13.8. The van der Waals surface area contributed by atoms with E-state index in [1.165, 1.54) is 6.07 Å². The van der Waals surface area contributed by atoms with E-state index in [1.807, 2.05) is 6.07 Å². The Morgan fingerprint density at radius 3 is 2.67 bits per heavy atom. The van der Waals surface area contributed by atoms with Crippen molar-refractivity contribution >= 4 is 11.7 Å². The Morgan fingerprint density at radius 1 is 1.11 bits per heavy atom. The van der Waals surface area contributed by atoms with Gasteiger partial charge in [-0.1, -0.05) is 42.6 Å². The van der Waals surface area contributed by atoms with Gasteiger partial charge in [0.15, 0.2) is 0 Å². The van der Waals surface area contributed by atoms with Gasteiger partial charge in [-0.3, -0.25) is 9.78 Å². The van der Waals surface area contributed by atoms with Crippen molar-refractivity contribution in [3.63, 3.8) is 0 Å². The smallest absolute Gasteiger partial charge is 0.416 e. The lowest BCUT2D eigenvalue weighted by Crippen LogP contribution is -2.19. The maximum absolute atomic E-state index is 13.8. The van der Waals surface area contributed by atoms with E-state index >= 15 is 0 Å². The minimum Gasteiger partial charge on any atom is -0.481 e. The molecule has 0 atom stereocenters. The molecule has 0 amide bonds. The van der Waals surface area contributed by atoms with Gasteiger partial charge in [0.25, 0.3) is 0 Å². The third-order valence-electron chi connectivity index (χ3n) is 6.88. The van der Waals surface area contributed by atoms with Gasteiger partial charge in [-0.2, -0.15) is 13.2 Å². The summed E-state index contributed by atoms with van der Waals surface area (Å²) < 4.78 is 41.5. The van der Waals surface area contributed by atoms with Crippen LogP contribution in [0.3, 0.4) is 0 Å². The summed E-state index contributed by atoms with van der Waals surface area (Å²) in [6.07, 6.45) is 4.44. The summed E-state index contributed by atoms with van der Waals surface area (Å²) >= 11 is 0. The number of pyridine rings is 1. The van der Waals surface area contributed by atoms with Gasteiger partial charge in [-0.05, 0) is 66.3 Å². The molecular formula is C27H32F3N3O3. The van der Waals surface area contributed by atoms with Gasteiger partial charge in [-0.25, -0.2) is 0 Å². The molecular weight excluding hydrogens is 471 g/mol. The van der Waals surface area contributed by atoms with Crippen LogP contribution in [0.1, 0.15) is 90.8 Å². The number of benzene rings is 1. The standard InChI is InChI=1S/C27H32F3N3O3/c28-27(29,30)23-14-18(9-10-22(23)20-5-2-1-3-6-20)17-36-33-24-8-4-7-21-13-19(16-32-26(21)24)15-31-12-11-25(34)35/h9-10,13-14,16,20,31H,1-8,11-12,15,17H2,(H,34,35)/b33-24-. The molecule has 194 valence electrons. The van der Waals surface area contributed by atoms with E-state index in [0.29, 0.717) is 36.3 Å². The van der Waals surface area contributed by atoms with Crippen LogP contribution >= 0.6 is 0 Å². The fraction of sp³-hybridized carbons (Fsp3) is 0.519. The van der Waals surface area contributed by atoms with Crippen molar-refractivity contribution in [1.82, 2.24) is 10.3 Å². The lowest BCUT2D eigenvalue weighted by atomic mass is 9.81. The van der Waals surface area contributed by atoms with Crippen LogP contribution in [0, 0.1) is 0 Å². The maximum Gasteiger partial charge on any atom is 0.416 e. The second kappa shape index (κ2) is 11.9. The zero-order chi connectivity index (χ0) is 25.5. The molecule has 1 aromatic carbocycles. The molecule has 1 saturated carbocycles. The first kappa shape index (κ1) is 26.1. The predicted molar refractivity (Wildman–Crippen MR) is 130 cm³/mol. The van der Waals surface area contributed by atoms with Crippen LogP contribution in [0.2, 0.25) is 0 Å². The van der Waals surface area contributed by atoms with E-state index in [1.54, 1.807) is 18.3 Å². The highest BCUT2D eigenvalue weighted by atomic mass is 19.4. The second-order valence-electron chi connectivity index (χ2n) is 9.59. The number of carbonyl (C=O) groups is 1. The Balaban J connectivity index is 1.41. The minimum absolute atomic E-state index is 0.0346. The number of aliphatic carboxylic acids is 1. The van der Waals surface area contributed by atoms with Crippen molar-refractivity contribution in [3.05, 3.63) is 64.0 Å². The molecule has 0 radical (unpaired) electrons. The number of hydrogen-bond donors (Lipinski definition) is 2. The summed E-state index contributed by atoms with van der Waals surface area (Å²) in [6.45, 7) is 0.859. The van der Waals surface area contributed by atoms with Crippen LogP contribution in [0.15, 0.2) is 35.6 Å². The van der Waals surface area contributed by atoms with Crippen LogP contribution < -0.4 is 5.32 Å². The highest BCUT2D eigenvalue weighted by Gasteiger charge is 2.35. The molecule has 1 fully saturated rings. The molecule has 0 spiro atoms. The number of aromatic nitrogens is 1. The number of alkyl halides is 3. The molecule has 0 aliphatic heterocycles. The van der Waals surface area contributed by atoms with Crippen molar-refractivity contribution in [2.45, 2.75) is 83.0 Å². The fourth-order valence-corrected chi connectivity index (χ4v) is 5.08. The molecule has 2 aliphatic carbocycles. The summed E-state index contributed by atoms with van der Waals surface area (Å²) in [4.78, 5) is 20.7.